The highest BCUT2D eigenvalue weighted by Gasteiger charge is 2.39. The fourth-order valence-corrected chi connectivity index (χ4v) is 1.33. The second-order valence-electron chi connectivity index (χ2n) is 3.83. The Hall–Kier alpha value is -1.23. The Bertz CT molecular complexity index is 372. The number of ether oxygens (including phenoxy) is 1. The van der Waals surface area contributed by atoms with Crippen molar-refractivity contribution in [3.63, 3.8) is 0 Å². The minimum Gasteiger partial charge on any atom is -0.490 e. The summed E-state index contributed by atoms with van der Waals surface area (Å²) in [7, 11) is 0. The number of hydrogen-bond acceptors (Lipinski definition) is 2. The largest absolute Gasteiger partial charge is 0.490 e. The van der Waals surface area contributed by atoms with Gasteiger partial charge in [-0.15, -0.1) is 0 Å². The quantitative estimate of drug-likeness (QED) is 0.868. The van der Waals surface area contributed by atoms with Gasteiger partial charge in [-0.1, -0.05) is 12.1 Å². The third-order valence-corrected chi connectivity index (χ3v) is 2.31. The van der Waals surface area contributed by atoms with Crippen molar-refractivity contribution in [3.8, 4) is 5.75 Å². The molecule has 1 aromatic rings. The van der Waals surface area contributed by atoms with Crippen LogP contribution in [0.3, 0.4) is 0 Å². The van der Waals surface area contributed by atoms with Crippen molar-refractivity contribution in [3.05, 3.63) is 29.8 Å². The molecule has 5 heteroatoms. The first-order chi connectivity index (χ1) is 7.47. The lowest BCUT2D eigenvalue weighted by Gasteiger charge is -2.15. The van der Waals surface area contributed by atoms with Crippen LogP contribution in [0, 0.1) is 0 Å². The Morgan fingerprint density at radius 2 is 2.00 bits per heavy atom. The van der Waals surface area contributed by atoms with Gasteiger partial charge in [0.1, 0.15) is 5.75 Å². The molecule has 1 N–H and O–H groups in total. The number of alkyl halides is 3. The van der Waals surface area contributed by atoms with Crippen molar-refractivity contribution in [2.45, 2.75) is 31.2 Å². The number of aliphatic hydroxyl groups excluding tert-OH is 1. The van der Waals surface area contributed by atoms with Crippen LogP contribution in [0.2, 0.25) is 0 Å². The molecule has 1 saturated carbocycles. The van der Waals surface area contributed by atoms with E-state index < -0.39 is 12.3 Å². The number of hydrogen-bond donors (Lipinski definition) is 1. The van der Waals surface area contributed by atoms with Crippen molar-refractivity contribution in [1.82, 2.24) is 0 Å². The zero-order chi connectivity index (χ0) is 11.8. The molecule has 1 atom stereocenters. The molecular formula is C11H11F3O2. The van der Waals surface area contributed by atoms with E-state index >= 15 is 0 Å². The monoisotopic (exact) mass is 232 g/mol. The van der Waals surface area contributed by atoms with Gasteiger partial charge in [0.05, 0.1) is 6.10 Å². The summed E-state index contributed by atoms with van der Waals surface area (Å²) in [5, 5.41) is 9.05. The number of rotatable bonds is 3. The summed E-state index contributed by atoms with van der Waals surface area (Å²) >= 11 is 0. The maximum atomic E-state index is 12.3. The van der Waals surface area contributed by atoms with E-state index in [2.05, 4.69) is 0 Å². The van der Waals surface area contributed by atoms with Gasteiger partial charge in [-0.05, 0) is 30.5 Å². The van der Waals surface area contributed by atoms with Crippen LogP contribution in [0.4, 0.5) is 13.2 Å². The molecule has 0 spiro atoms. The second-order valence-corrected chi connectivity index (χ2v) is 3.83. The van der Waals surface area contributed by atoms with Gasteiger partial charge in [0, 0.05) is 0 Å². The average molecular weight is 232 g/mol. The predicted octanol–water partition coefficient (Wildman–Crippen LogP) is 2.82. The summed E-state index contributed by atoms with van der Waals surface area (Å²) < 4.78 is 42.1. The zero-order valence-corrected chi connectivity index (χ0v) is 8.37. The molecule has 2 nitrogen and oxygen atoms in total. The highest BCUT2D eigenvalue weighted by atomic mass is 19.4. The third kappa shape index (κ3) is 2.66. The fraction of sp³-hybridized carbons (Fsp3) is 0.455. The van der Waals surface area contributed by atoms with E-state index in [9.17, 15) is 13.2 Å². The van der Waals surface area contributed by atoms with Crippen LogP contribution in [0.25, 0.3) is 0 Å². The summed E-state index contributed by atoms with van der Waals surface area (Å²) in [5.41, 5.74) is -0.189. The van der Waals surface area contributed by atoms with Crippen molar-refractivity contribution in [1.29, 1.82) is 0 Å². The standard InChI is InChI=1S/C11H11F3O2/c12-11(13,14)10(15)7-2-1-3-9(6-7)16-8-4-5-8/h1-3,6,8,10,15H,4-5H2/t10-/m1/s1. The second kappa shape index (κ2) is 3.97. The Balaban J connectivity index is 2.14. The van der Waals surface area contributed by atoms with Crippen molar-refractivity contribution < 1.29 is 23.0 Å². The van der Waals surface area contributed by atoms with Crippen molar-refractivity contribution in [2.75, 3.05) is 0 Å². The van der Waals surface area contributed by atoms with Crippen LogP contribution in [0.5, 0.6) is 5.75 Å². The van der Waals surface area contributed by atoms with Gasteiger partial charge >= 0.3 is 6.18 Å². The Morgan fingerprint density at radius 1 is 1.31 bits per heavy atom. The number of halogens is 3. The number of benzene rings is 1. The molecule has 0 amide bonds. The predicted molar refractivity (Wildman–Crippen MR) is 51.1 cm³/mol. The molecule has 0 unspecified atom stereocenters. The van der Waals surface area contributed by atoms with E-state index in [4.69, 9.17) is 9.84 Å². The normalized spacial score (nSPS) is 18.2. The molecular weight excluding hydrogens is 221 g/mol. The van der Waals surface area contributed by atoms with Gasteiger partial charge in [0.15, 0.2) is 6.10 Å². The van der Waals surface area contributed by atoms with Gasteiger partial charge in [-0.3, -0.25) is 0 Å². The first-order valence-electron chi connectivity index (χ1n) is 4.98. The lowest BCUT2D eigenvalue weighted by molar-refractivity contribution is -0.206. The molecule has 1 aliphatic rings. The molecule has 0 radical (unpaired) electrons. The smallest absolute Gasteiger partial charge is 0.418 e. The van der Waals surface area contributed by atoms with Crippen LogP contribution in [0.15, 0.2) is 24.3 Å². The summed E-state index contributed by atoms with van der Waals surface area (Å²) in [5.74, 6) is 0.378. The van der Waals surface area contributed by atoms with Crippen LogP contribution in [-0.2, 0) is 0 Å². The number of aliphatic hydroxyl groups is 1. The van der Waals surface area contributed by atoms with Crippen LogP contribution < -0.4 is 4.74 Å². The van der Waals surface area contributed by atoms with Gasteiger partial charge in [0.2, 0.25) is 0 Å². The molecule has 0 heterocycles. The minimum atomic E-state index is -4.64. The van der Waals surface area contributed by atoms with Gasteiger partial charge in [-0.2, -0.15) is 13.2 Å². The average Bonchev–Trinajstić information content (AvgIpc) is 2.99. The van der Waals surface area contributed by atoms with E-state index in [1.165, 1.54) is 18.2 Å². The van der Waals surface area contributed by atoms with Crippen LogP contribution in [0.1, 0.15) is 24.5 Å². The van der Waals surface area contributed by atoms with E-state index in [-0.39, 0.29) is 11.7 Å². The Kier molecular flexibility index (Phi) is 2.80. The molecule has 0 aliphatic heterocycles. The molecule has 0 bridgehead atoms. The zero-order valence-electron chi connectivity index (χ0n) is 8.37. The molecule has 1 aromatic carbocycles. The Labute approximate surface area is 90.7 Å². The van der Waals surface area contributed by atoms with Gasteiger partial charge in [-0.25, -0.2) is 0 Å². The fourth-order valence-electron chi connectivity index (χ4n) is 1.33. The summed E-state index contributed by atoms with van der Waals surface area (Å²) in [6.45, 7) is 0. The topological polar surface area (TPSA) is 29.5 Å². The molecule has 1 fully saturated rings. The highest BCUT2D eigenvalue weighted by molar-refractivity contribution is 5.31. The Morgan fingerprint density at radius 3 is 2.56 bits per heavy atom. The van der Waals surface area contributed by atoms with Crippen LogP contribution >= 0.6 is 0 Å². The first kappa shape index (κ1) is 11.3. The van der Waals surface area contributed by atoms with Crippen molar-refractivity contribution in [2.24, 2.45) is 0 Å². The molecule has 88 valence electrons. The highest BCUT2D eigenvalue weighted by Crippen LogP contribution is 2.34. The van der Waals surface area contributed by atoms with Crippen molar-refractivity contribution >= 4 is 0 Å². The van der Waals surface area contributed by atoms with E-state index in [1.54, 1.807) is 6.07 Å². The maximum absolute atomic E-state index is 12.3. The lowest BCUT2D eigenvalue weighted by Crippen LogP contribution is -2.20. The van der Waals surface area contributed by atoms with Gasteiger partial charge in [0.25, 0.3) is 0 Å². The lowest BCUT2D eigenvalue weighted by atomic mass is 10.1. The molecule has 0 aromatic heterocycles. The minimum absolute atomic E-state index is 0.123. The van der Waals surface area contributed by atoms with E-state index in [0.29, 0.717) is 5.75 Å². The maximum Gasteiger partial charge on any atom is 0.418 e. The molecule has 0 saturated heterocycles. The van der Waals surface area contributed by atoms with Gasteiger partial charge < -0.3 is 9.84 Å². The molecule has 1 aliphatic carbocycles. The SMILES string of the molecule is O[C@H](c1cccc(OC2CC2)c1)C(F)(F)F. The summed E-state index contributed by atoms with van der Waals surface area (Å²) in [6, 6.07) is 5.50. The summed E-state index contributed by atoms with van der Waals surface area (Å²) in [4.78, 5) is 0. The molecule has 2 rings (SSSR count). The van der Waals surface area contributed by atoms with E-state index in [1.807, 2.05) is 0 Å². The molecule has 16 heavy (non-hydrogen) atoms. The first-order valence-corrected chi connectivity index (χ1v) is 4.98. The van der Waals surface area contributed by atoms with Crippen LogP contribution in [-0.4, -0.2) is 17.4 Å². The third-order valence-electron chi connectivity index (χ3n) is 2.31. The summed E-state index contributed by atoms with van der Waals surface area (Å²) in [6.07, 6.45) is -5.09. The van der Waals surface area contributed by atoms with E-state index in [0.717, 1.165) is 12.8 Å².